The monoisotopic (exact) mass is 346 g/mol. The van der Waals surface area contributed by atoms with E-state index >= 15 is 0 Å². The zero-order valence-corrected chi connectivity index (χ0v) is 16.6. The Bertz CT molecular complexity index is 667. The molecule has 26 heavy (non-hydrogen) atoms. The van der Waals surface area contributed by atoms with Gasteiger partial charge in [-0.05, 0) is 68.1 Å². The molecule has 1 fully saturated rings. The molecule has 0 atom stereocenters. The zero-order valence-electron chi connectivity index (χ0n) is 16.6. The molecule has 0 bridgehead atoms. The maximum Gasteiger partial charge on any atom is -0.0184 e. The van der Waals surface area contributed by atoms with Crippen molar-refractivity contribution in [1.29, 1.82) is 0 Å². The average molecular weight is 347 g/mol. The van der Waals surface area contributed by atoms with Crippen LogP contribution in [-0.2, 0) is 6.42 Å². The van der Waals surface area contributed by atoms with Crippen LogP contribution in [0.25, 0.3) is 11.1 Å². The third kappa shape index (κ3) is 5.59. The molecule has 0 saturated heterocycles. The fourth-order valence-electron chi connectivity index (χ4n) is 4.29. The van der Waals surface area contributed by atoms with E-state index in [0.29, 0.717) is 0 Å². The highest BCUT2D eigenvalue weighted by Crippen LogP contribution is 2.34. The largest absolute Gasteiger partial charge is 0.0917 e. The summed E-state index contributed by atoms with van der Waals surface area (Å²) >= 11 is 0. The lowest BCUT2D eigenvalue weighted by molar-refractivity contribution is 0.254. The number of hydrogen-bond acceptors (Lipinski definition) is 0. The van der Waals surface area contributed by atoms with Crippen molar-refractivity contribution in [3.05, 3.63) is 71.8 Å². The molecule has 0 N–H and O–H groups in total. The van der Waals surface area contributed by atoms with Crippen molar-refractivity contribution in [2.75, 3.05) is 0 Å². The van der Waals surface area contributed by atoms with Crippen LogP contribution >= 0.6 is 0 Å². The Morgan fingerprint density at radius 2 is 1.31 bits per heavy atom. The summed E-state index contributed by atoms with van der Waals surface area (Å²) in [6.45, 7) is 4.27. The molecular weight excluding hydrogens is 312 g/mol. The van der Waals surface area contributed by atoms with Gasteiger partial charge >= 0.3 is 0 Å². The maximum atomic E-state index is 2.33. The van der Waals surface area contributed by atoms with Crippen LogP contribution in [0.5, 0.6) is 0 Å². The highest BCUT2D eigenvalue weighted by molar-refractivity contribution is 5.63. The quantitative estimate of drug-likeness (QED) is 0.449. The maximum absolute atomic E-state index is 2.33. The molecular formula is C26H34. The van der Waals surface area contributed by atoms with Gasteiger partial charge in [0.25, 0.3) is 0 Å². The summed E-state index contributed by atoms with van der Waals surface area (Å²) in [4.78, 5) is 0. The Morgan fingerprint density at radius 1 is 0.769 bits per heavy atom. The van der Waals surface area contributed by atoms with E-state index in [1.54, 1.807) is 0 Å². The van der Waals surface area contributed by atoms with E-state index < -0.39 is 0 Å². The minimum atomic E-state index is 0.949. The van der Waals surface area contributed by atoms with Gasteiger partial charge in [-0.3, -0.25) is 0 Å². The third-order valence-electron chi connectivity index (χ3n) is 6.12. The van der Waals surface area contributed by atoms with Gasteiger partial charge in [-0.1, -0.05) is 91.9 Å². The number of aryl methyl sites for hydroxylation is 2. The van der Waals surface area contributed by atoms with E-state index in [-0.39, 0.29) is 0 Å². The lowest BCUT2D eigenvalue weighted by Crippen LogP contribution is -2.15. The van der Waals surface area contributed by atoms with Gasteiger partial charge in [0.2, 0.25) is 0 Å². The van der Waals surface area contributed by atoms with Gasteiger partial charge in [0.15, 0.2) is 0 Å². The first-order valence-corrected chi connectivity index (χ1v) is 10.5. The van der Waals surface area contributed by atoms with Gasteiger partial charge in [-0.2, -0.15) is 0 Å². The third-order valence-corrected chi connectivity index (χ3v) is 6.12. The van der Waals surface area contributed by atoms with Crippen LogP contribution in [-0.4, -0.2) is 0 Å². The van der Waals surface area contributed by atoms with Crippen LogP contribution < -0.4 is 0 Å². The van der Waals surface area contributed by atoms with E-state index in [1.807, 2.05) is 0 Å². The second kappa shape index (κ2) is 9.76. The first-order chi connectivity index (χ1) is 12.7. The first-order valence-electron chi connectivity index (χ1n) is 10.5. The van der Waals surface area contributed by atoms with Gasteiger partial charge in [0, 0.05) is 0 Å². The van der Waals surface area contributed by atoms with Crippen molar-refractivity contribution in [2.45, 2.75) is 65.2 Å². The molecule has 1 aliphatic rings. The lowest BCUT2D eigenvalue weighted by atomic mass is 9.78. The number of allylic oxidation sites excluding steroid dienone is 2. The van der Waals surface area contributed by atoms with E-state index in [9.17, 15) is 0 Å². The first kappa shape index (κ1) is 19.0. The summed E-state index contributed by atoms with van der Waals surface area (Å²) in [7, 11) is 0. The topological polar surface area (TPSA) is 0 Å². The second-order valence-corrected chi connectivity index (χ2v) is 8.13. The molecule has 2 aromatic carbocycles. The summed E-state index contributed by atoms with van der Waals surface area (Å²) in [5, 5.41) is 0. The van der Waals surface area contributed by atoms with Crippen LogP contribution in [0.15, 0.2) is 60.7 Å². The molecule has 0 radical (unpaired) electrons. The minimum absolute atomic E-state index is 0.949. The summed E-state index contributed by atoms with van der Waals surface area (Å²) in [5.41, 5.74) is 5.46. The zero-order chi connectivity index (χ0) is 18.2. The van der Waals surface area contributed by atoms with Crippen molar-refractivity contribution in [2.24, 2.45) is 11.8 Å². The lowest BCUT2D eigenvalue weighted by Gasteiger charge is -2.28. The molecule has 1 aliphatic carbocycles. The van der Waals surface area contributed by atoms with E-state index in [2.05, 4.69) is 74.5 Å². The molecule has 0 nitrogen and oxygen atoms in total. The predicted molar refractivity (Wildman–Crippen MR) is 114 cm³/mol. The Morgan fingerprint density at radius 3 is 1.88 bits per heavy atom. The van der Waals surface area contributed by atoms with E-state index in [0.717, 1.165) is 11.8 Å². The van der Waals surface area contributed by atoms with Crippen LogP contribution in [0.3, 0.4) is 0 Å². The van der Waals surface area contributed by atoms with Crippen molar-refractivity contribution in [3.63, 3.8) is 0 Å². The highest BCUT2D eigenvalue weighted by Gasteiger charge is 2.20. The molecule has 3 rings (SSSR count). The van der Waals surface area contributed by atoms with Gasteiger partial charge in [0.05, 0.1) is 0 Å². The molecule has 0 aromatic heterocycles. The van der Waals surface area contributed by atoms with Gasteiger partial charge in [0.1, 0.15) is 0 Å². The molecule has 0 heterocycles. The normalized spacial score (nSPS) is 20.5. The fourth-order valence-corrected chi connectivity index (χ4v) is 4.29. The Labute approximate surface area is 160 Å². The molecule has 138 valence electrons. The molecule has 2 aromatic rings. The van der Waals surface area contributed by atoms with Crippen molar-refractivity contribution in [1.82, 2.24) is 0 Å². The van der Waals surface area contributed by atoms with E-state index in [1.165, 1.54) is 73.6 Å². The SMILES string of the molecule is C/C=C/CCC1CCC(CCc2ccc(-c3ccc(C)cc3)cc2)CC1. The van der Waals surface area contributed by atoms with Crippen LogP contribution in [0, 0.1) is 18.8 Å². The van der Waals surface area contributed by atoms with E-state index in [4.69, 9.17) is 0 Å². The average Bonchev–Trinajstić information content (AvgIpc) is 2.69. The smallest absolute Gasteiger partial charge is 0.0184 e. The molecule has 0 amide bonds. The Hall–Kier alpha value is -1.82. The second-order valence-electron chi connectivity index (χ2n) is 8.13. The Balaban J connectivity index is 1.43. The Kier molecular flexibility index (Phi) is 7.12. The summed E-state index contributed by atoms with van der Waals surface area (Å²) < 4.78 is 0. The van der Waals surface area contributed by atoms with Crippen LogP contribution in [0.4, 0.5) is 0 Å². The molecule has 0 heteroatoms. The predicted octanol–water partition coefficient (Wildman–Crippen LogP) is 7.76. The molecule has 1 saturated carbocycles. The van der Waals surface area contributed by atoms with Gasteiger partial charge < -0.3 is 0 Å². The standard InChI is InChI=1S/C26H34/c1-3-4-5-6-22-9-11-23(12-10-22)13-14-24-15-19-26(20-16-24)25-17-7-21(2)8-18-25/h3-4,7-8,15-20,22-23H,5-6,9-14H2,1-2H3/b4-3+. The summed E-state index contributed by atoms with van der Waals surface area (Å²) in [5.74, 6) is 1.93. The van der Waals surface area contributed by atoms with Crippen molar-refractivity contribution >= 4 is 0 Å². The van der Waals surface area contributed by atoms with Gasteiger partial charge in [-0.15, -0.1) is 0 Å². The molecule has 0 spiro atoms. The minimum Gasteiger partial charge on any atom is -0.0917 e. The number of rotatable bonds is 7. The van der Waals surface area contributed by atoms with Crippen LogP contribution in [0.1, 0.15) is 63.0 Å². The van der Waals surface area contributed by atoms with Gasteiger partial charge in [-0.25, -0.2) is 0 Å². The highest BCUT2D eigenvalue weighted by atomic mass is 14.3. The van der Waals surface area contributed by atoms with Crippen molar-refractivity contribution < 1.29 is 0 Å². The summed E-state index contributed by atoms with van der Waals surface area (Å²) in [6, 6.07) is 18.1. The molecule has 0 unspecified atom stereocenters. The number of hydrogen-bond donors (Lipinski definition) is 0. The summed E-state index contributed by atoms with van der Waals surface area (Å²) in [6.07, 6.45) is 15.6. The fraction of sp³-hybridized carbons (Fsp3) is 0.462. The van der Waals surface area contributed by atoms with Crippen molar-refractivity contribution in [3.8, 4) is 11.1 Å². The molecule has 0 aliphatic heterocycles. The van der Waals surface area contributed by atoms with Crippen LogP contribution in [0.2, 0.25) is 0 Å². The number of benzene rings is 2.